The highest BCUT2D eigenvalue weighted by Crippen LogP contribution is 2.21. The summed E-state index contributed by atoms with van der Waals surface area (Å²) in [7, 11) is 1.56. The minimum atomic E-state index is -0.0277. The van der Waals surface area contributed by atoms with Crippen molar-refractivity contribution in [1.29, 1.82) is 0 Å². The predicted octanol–water partition coefficient (Wildman–Crippen LogP) is 2.16. The summed E-state index contributed by atoms with van der Waals surface area (Å²) in [5.74, 6) is 0.619. The van der Waals surface area contributed by atoms with Crippen molar-refractivity contribution < 1.29 is 9.53 Å². The molecule has 0 aliphatic carbocycles. The van der Waals surface area contributed by atoms with Crippen molar-refractivity contribution in [3.8, 4) is 5.75 Å². The van der Waals surface area contributed by atoms with E-state index >= 15 is 0 Å². The molecule has 5 heteroatoms. The Morgan fingerprint density at radius 3 is 2.94 bits per heavy atom. The van der Waals surface area contributed by atoms with Crippen molar-refractivity contribution in [1.82, 2.24) is 4.98 Å². The SMILES string of the molecule is COc1ccc(C(=O)Cc2nccs2)c(N)c1. The van der Waals surface area contributed by atoms with Gasteiger partial charge < -0.3 is 10.5 Å². The zero-order valence-electron chi connectivity index (χ0n) is 9.34. The second kappa shape index (κ2) is 4.97. The average molecular weight is 248 g/mol. The normalized spacial score (nSPS) is 10.2. The molecule has 2 rings (SSSR count). The molecule has 4 nitrogen and oxygen atoms in total. The topological polar surface area (TPSA) is 65.2 Å². The molecular weight excluding hydrogens is 236 g/mol. The minimum Gasteiger partial charge on any atom is -0.497 e. The van der Waals surface area contributed by atoms with Crippen LogP contribution in [0.3, 0.4) is 0 Å². The third kappa shape index (κ3) is 2.62. The van der Waals surface area contributed by atoms with Crippen molar-refractivity contribution in [3.05, 3.63) is 40.3 Å². The number of anilines is 1. The highest BCUT2D eigenvalue weighted by atomic mass is 32.1. The van der Waals surface area contributed by atoms with Crippen LogP contribution in [-0.4, -0.2) is 17.9 Å². The van der Waals surface area contributed by atoms with Gasteiger partial charge in [-0.25, -0.2) is 4.98 Å². The third-order valence-electron chi connectivity index (χ3n) is 2.35. The van der Waals surface area contributed by atoms with Gasteiger partial charge in [0.2, 0.25) is 0 Å². The molecule has 0 fully saturated rings. The standard InChI is InChI=1S/C12H12N2O2S/c1-16-8-2-3-9(10(13)6-8)11(15)7-12-14-4-5-17-12/h2-6H,7,13H2,1H3. The molecule has 0 saturated carbocycles. The maximum absolute atomic E-state index is 12.0. The van der Waals surface area contributed by atoms with Crippen LogP contribution in [0.15, 0.2) is 29.8 Å². The molecular formula is C12H12N2O2S. The molecule has 1 aromatic carbocycles. The molecule has 1 heterocycles. The van der Waals surface area contributed by atoms with E-state index in [1.54, 1.807) is 31.5 Å². The molecule has 17 heavy (non-hydrogen) atoms. The smallest absolute Gasteiger partial charge is 0.171 e. The van der Waals surface area contributed by atoms with Gasteiger partial charge in [0.25, 0.3) is 0 Å². The number of carbonyl (C=O) groups is 1. The Kier molecular flexibility index (Phi) is 3.39. The monoisotopic (exact) mass is 248 g/mol. The second-order valence-corrected chi connectivity index (χ2v) is 4.46. The zero-order chi connectivity index (χ0) is 12.3. The fourth-order valence-corrected chi connectivity index (χ4v) is 2.11. The highest BCUT2D eigenvalue weighted by Gasteiger charge is 2.12. The zero-order valence-corrected chi connectivity index (χ0v) is 10.2. The van der Waals surface area contributed by atoms with Crippen LogP contribution in [0.25, 0.3) is 0 Å². The molecule has 2 N–H and O–H groups in total. The van der Waals surface area contributed by atoms with E-state index in [1.807, 2.05) is 5.38 Å². The van der Waals surface area contributed by atoms with Crippen molar-refractivity contribution in [2.24, 2.45) is 0 Å². The van der Waals surface area contributed by atoms with Crippen LogP contribution in [-0.2, 0) is 6.42 Å². The number of carbonyl (C=O) groups excluding carboxylic acids is 1. The molecule has 0 atom stereocenters. The van der Waals surface area contributed by atoms with Crippen molar-refractivity contribution >= 4 is 22.8 Å². The summed E-state index contributed by atoms with van der Waals surface area (Å²) in [4.78, 5) is 16.1. The molecule has 0 spiro atoms. The fraction of sp³-hybridized carbons (Fsp3) is 0.167. The number of nitrogens with two attached hydrogens (primary N) is 1. The number of nitrogens with zero attached hydrogens (tertiary/aromatic N) is 1. The van der Waals surface area contributed by atoms with Gasteiger partial charge in [0.15, 0.2) is 5.78 Å². The lowest BCUT2D eigenvalue weighted by molar-refractivity contribution is 0.0994. The van der Waals surface area contributed by atoms with Gasteiger partial charge in [-0.1, -0.05) is 0 Å². The number of hydrogen-bond acceptors (Lipinski definition) is 5. The molecule has 0 aliphatic rings. The highest BCUT2D eigenvalue weighted by molar-refractivity contribution is 7.09. The van der Waals surface area contributed by atoms with Gasteiger partial charge in [0.1, 0.15) is 10.8 Å². The van der Waals surface area contributed by atoms with E-state index in [0.29, 0.717) is 17.0 Å². The van der Waals surface area contributed by atoms with Crippen LogP contribution in [0.2, 0.25) is 0 Å². The summed E-state index contributed by atoms with van der Waals surface area (Å²) in [6, 6.07) is 5.06. The van der Waals surface area contributed by atoms with Crippen LogP contribution in [0, 0.1) is 0 Å². The minimum absolute atomic E-state index is 0.0277. The molecule has 88 valence electrons. The second-order valence-electron chi connectivity index (χ2n) is 3.48. The van der Waals surface area contributed by atoms with Gasteiger partial charge >= 0.3 is 0 Å². The third-order valence-corrected chi connectivity index (χ3v) is 3.13. The summed E-state index contributed by atoms with van der Waals surface area (Å²) in [6.45, 7) is 0. The number of aromatic nitrogens is 1. The van der Waals surface area contributed by atoms with Crippen molar-refractivity contribution in [2.75, 3.05) is 12.8 Å². The van der Waals surface area contributed by atoms with E-state index in [0.717, 1.165) is 5.01 Å². The first-order valence-electron chi connectivity index (χ1n) is 5.06. The molecule has 0 radical (unpaired) electrons. The summed E-state index contributed by atoms with van der Waals surface area (Å²) in [5, 5.41) is 2.64. The first kappa shape index (κ1) is 11.6. The number of hydrogen-bond donors (Lipinski definition) is 1. The molecule has 1 aromatic heterocycles. The average Bonchev–Trinajstić information content (AvgIpc) is 2.81. The summed E-state index contributed by atoms with van der Waals surface area (Å²) < 4.78 is 5.03. The maximum atomic E-state index is 12.0. The summed E-state index contributed by atoms with van der Waals surface area (Å²) in [5.41, 5.74) is 6.76. The lowest BCUT2D eigenvalue weighted by Crippen LogP contribution is -2.07. The van der Waals surface area contributed by atoms with Crippen LogP contribution >= 0.6 is 11.3 Å². The first-order valence-corrected chi connectivity index (χ1v) is 5.93. The number of thiazole rings is 1. The largest absolute Gasteiger partial charge is 0.497 e. The fourth-order valence-electron chi connectivity index (χ4n) is 1.49. The van der Waals surface area contributed by atoms with Gasteiger partial charge in [-0.2, -0.15) is 0 Å². The number of methoxy groups -OCH3 is 1. The lowest BCUT2D eigenvalue weighted by atomic mass is 10.1. The van der Waals surface area contributed by atoms with Gasteiger partial charge in [-0.3, -0.25) is 4.79 Å². The Hall–Kier alpha value is -1.88. The molecule has 0 aliphatic heterocycles. The summed E-state index contributed by atoms with van der Waals surface area (Å²) in [6.07, 6.45) is 1.97. The number of rotatable bonds is 4. The Morgan fingerprint density at radius 1 is 1.53 bits per heavy atom. The van der Waals surface area contributed by atoms with E-state index in [9.17, 15) is 4.79 Å². The van der Waals surface area contributed by atoms with Crippen molar-refractivity contribution in [2.45, 2.75) is 6.42 Å². The molecule has 0 saturated heterocycles. The molecule has 2 aromatic rings. The van der Waals surface area contributed by atoms with Gasteiger partial charge in [0, 0.05) is 28.9 Å². The summed E-state index contributed by atoms with van der Waals surface area (Å²) >= 11 is 1.46. The number of ketones is 1. The Bertz CT molecular complexity index is 523. The molecule has 0 bridgehead atoms. The number of ether oxygens (including phenoxy) is 1. The maximum Gasteiger partial charge on any atom is 0.171 e. The van der Waals surface area contributed by atoms with E-state index in [4.69, 9.17) is 10.5 Å². The molecule has 0 amide bonds. The van der Waals surface area contributed by atoms with Crippen LogP contribution in [0.5, 0.6) is 5.75 Å². The molecule has 0 unspecified atom stereocenters. The lowest BCUT2D eigenvalue weighted by Gasteiger charge is -2.06. The van der Waals surface area contributed by atoms with E-state index < -0.39 is 0 Å². The predicted molar refractivity (Wildman–Crippen MR) is 67.6 cm³/mol. The van der Waals surface area contributed by atoms with Gasteiger partial charge in [-0.15, -0.1) is 11.3 Å². The van der Waals surface area contributed by atoms with Crippen LogP contribution < -0.4 is 10.5 Å². The number of benzene rings is 1. The quantitative estimate of drug-likeness (QED) is 0.665. The van der Waals surface area contributed by atoms with Crippen molar-refractivity contribution in [3.63, 3.8) is 0 Å². The van der Waals surface area contributed by atoms with Crippen LogP contribution in [0.1, 0.15) is 15.4 Å². The Morgan fingerprint density at radius 2 is 2.35 bits per heavy atom. The first-order chi connectivity index (χ1) is 8.20. The van der Waals surface area contributed by atoms with E-state index in [1.165, 1.54) is 11.3 Å². The van der Waals surface area contributed by atoms with Gasteiger partial charge in [0.05, 0.1) is 13.5 Å². The van der Waals surface area contributed by atoms with Crippen LogP contribution in [0.4, 0.5) is 5.69 Å². The Balaban J connectivity index is 2.19. The Labute approximate surface area is 103 Å². The van der Waals surface area contributed by atoms with E-state index in [-0.39, 0.29) is 12.2 Å². The van der Waals surface area contributed by atoms with E-state index in [2.05, 4.69) is 4.98 Å². The number of Topliss-reactive ketones (excluding diaryl/α,β-unsaturated/α-hetero) is 1. The van der Waals surface area contributed by atoms with Gasteiger partial charge in [-0.05, 0) is 12.1 Å². The number of nitrogen functional groups attached to an aromatic ring is 1.